The molecule has 42 heavy (non-hydrogen) atoms. The number of methoxy groups -OCH3 is 2. The number of carbonyl (C=O) groups excluding carboxylic acids is 2. The number of carbonyl (C=O) groups is 2. The summed E-state index contributed by atoms with van der Waals surface area (Å²) in [6.45, 7) is 0.178. The van der Waals surface area contributed by atoms with Crippen LogP contribution in [-0.4, -0.2) is 62.8 Å². The van der Waals surface area contributed by atoms with Crippen LogP contribution < -0.4 is 29.6 Å². The molecule has 0 unspecified atom stereocenters. The molecule has 220 valence electrons. The molecule has 3 aromatic carbocycles. The minimum absolute atomic E-state index is 0.0597. The lowest BCUT2D eigenvalue weighted by atomic mass is 9.65. The summed E-state index contributed by atoms with van der Waals surface area (Å²) in [4.78, 5) is 27.1. The third kappa shape index (κ3) is 4.69. The first kappa shape index (κ1) is 27.5. The number of phenolic OH excluding ortho intramolecular Hbond substituents is 2. The van der Waals surface area contributed by atoms with Gasteiger partial charge in [0.25, 0.3) is 0 Å². The summed E-state index contributed by atoms with van der Waals surface area (Å²) in [5.74, 6) is -0.683. The molecule has 1 aliphatic carbocycles. The van der Waals surface area contributed by atoms with Crippen molar-refractivity contribution in [2.24, 2.45) is 11.8 Å². The molecule has 0 spiro atoms. The molecule has 11 heteroatoms. The predicted octanol–water partition coefficient (Wildman–Crippen LogP) is 2.77. The van der Waals surface area contributed by atoms with Crippen LogP contribution in [0.25, 0.3) is 0 Å². The van der Waals surface area contributed by atoms with E-state index in [-0.39, 0.29) is 48.3 Å². The number of rotatable bonds is 8. The maximum absolute atomic E-state index is 13.7. The molecule has 6 rings (SSSR count). The molecule has 3 aliphatic rings. The number of hydrogen-bond donors (Lipinski definition) is 4. The molecular formula is C31H32N2O9. The van der Waals surface area contributed by atoms with E-state index in [0.717, 1.165) is 16.7 Å². The summed E-state index contributed by atoms with van der Waals surface area (Å²) in [5, 5.41) is 26.5. The van der Waals surface area contributed by atoms with E-state index in [1.54, 1.807) is 43.4 Å². The fraction of sp³-hybridized carbons (Fsp3) is 0.355. The number of likely N-dealkylation sites (N-methyl/N-ethyl adjacent to an activating group) is 1. The van der Waals surface area contributed by atoms with Crippen molar-refractivity contribution in [3.05, 3.63) is 70.8 Å². The number of aromatic hydroxyl groups is 2. The Hall–Kier alpha value is -4.64. The lowest BCUT2D eigenvalue weighted by Gasteiger charge is -2.40. The van der Waals surface area contributed by atoms with Gasteiger partial charge in [-0.3, -0.25) is 9.59 Å². The Morgan fingerprint density at radius 1 is 0.976 bits per heavy atom. The van der Waals surface area contributed by atoms with Crippen molar-refractivity contribution in [3.63, 3.8) is 0 Å². The zero-order valence-electron chi connectivity index (χ0n) is 23.4. The zero-order valence-corrected chi connectivity index (χ0v) is 23.4. The van der Waals surface area contributed by atoms with Crippen molar-refractivity contribution in [1.82, 2.24) is 10.6 Å². The van der Waals surface area contributed by atoms with Crippen LogP contribution in [0, 0.1) is 11.8 Å². The number of amides is 1. The Labute approximate surface area is 242 Å². The molecule has 11 nitrogen and oxygen atoms in total. The van der Waals surface area contributed by atoms with Crippen LogP contribution in [0.4, 0.5) is 0 Å². The predicted molar refractivity (Wildman–Crippen MR) is 149 cm³/mol. The van der Waals surface area contributed by atoms with E-state index < -0.39 is 29.8 Å². The van der Waals surface area contributed by atoms with E-state index in [0.29, 0.717) is 23.5 Å². The van der Waals surface area contributed by atoms with Crippen molar-refractivity contribution in [2.75, 3.05) is 34.7 Å². The molecule has 2 aliphatic heterocycles. The Morgan fingerprint density at radius 2 is 1.62 bits per heavy atom. The largest absolute Gasteiger partial charge is 0.508 e. The van der Waals surface area contributed by atoms with Gasteiger partial charge in [0.2, 0.25) is 18.4 Å². The lowest BCUT2D eigenvalue weighted by molar-refractivity contribution is -0.141. The quantitative estimate of drug-likeness (QED) is 0.296. The van der Waals surface area contributed by atoms with Crippen LogP contribution in [0.5, 0.6) is 34.5 Å². The van der Waals surface area contributed by atoms with Crippen LogP contribution in [0.3, 0.4) is 0 Å². The van der Waals surface area contributed by atoms with Crippen molar-refractivity contribution < 1.29 is 43.5 Å². The summed E-state index contributed by atoms with van der Waals surface area (Å²) in [5.41, 5.74) is 3.10. The molecule has 5 atom stereocenters. The highest BCUT2D eigenvalue weighted by molar-refractivity contribution is 5.84. The van der Waals surface area contributed by atoms with Crippen molar-refractivity contribution >= 4 is 11.9 Å². The Balaban J connectivity index is 1.43. The first-order valence-corrected chi connectivity index (χ1v) is 13.6. The summed E-state index contributed by atoms with van der Waals surface area (Å²) < 4.78 is 27.9. The first-order valence-electron chi connectivity index (χ1n) is 13.6. The molecule has 0 aromatic heterocycles. The number of cyclic esters (lactones) is 1. The lowest BCUT2D eigenvalue weighted by Crippen LogP contribution is -2.49. The van der Waals surface area contributed by atoms with Gasteiger partial charge in [-0.1, -0.05) is 12.1 Å². The number of phenols is 2. The van der Waals surface area contributed by atoms with Crippen LogP contribution in [-0.2, 0) is 20.7 Å². The number of benzene rings is 3. The average molecular weight is 577 g/mol. The monoisotopic (exact) mass is 576 g/mol. The Kier molecular flexibility index (Phi) is 7.19. The summed E-state index contributed by atoms with van der Waals surface area (Å²) in [6, 6.07) is 12.7. The molecule has 1 saturated heterocycles. The molecule has 0 saturated carbocycles. The van der Waals surface area contributed by atoms with Crippen LogP contribution in [0.2, 0.25) is 0 Å². The van der Waals surface area contributed by atoms with Gasteiger partial charge in [0.05, 0.1) is 38.8 Å². The van der Waals surface area contributed by atoms with Gasteiger partial charge in [0.1, 0.15) is 5.75 Å². The average Bonchev–Trinajstić information content (AvgIpc) is 3.62. The van der Waals surface area contributed by atoms with Gasteiger partial charge in [-0.25, -0.2) is 0 Å². The third-order valence-corrected chi connectivity index (χ3v) is 8.39. The normalized spacial score (nSPS) is 22.5. The van der Waals surface area contributed by atoms with E-state index in [4.69, 9.17) is 23.7 Å². The SMILES string of the molecule is CN[C@@H](Cc1ccc(O)cc1)C(=O)N[C@@H]1c2cc3c(cc2[C@@H](c2cc(OC)c(O)c(OC)c2)[C@H]2C(=O)OC[C@@H]21)OCO3. The highest BCUT2D eigenvalue weighted by atomic mass is 16.7. The number of esters is 1. The van der Waals surface area contributed by atoms with Crippen LogP contribution in [0.15, 0.2) is 48.5 Å². The highest BCUT2D eigenvalue weighted by Gasteiger charge is 2.53. The molecule has 0 radical (unpaired) electrons. The van der Waals surface area contributed by atoms with Crippen molar-refractivity contribution in [3.8, 4) is 34.5 Å². The third-order valence-electron chi connectivity index (χ3n) is 8.39. The second-order valence-corrected chi connectivity index (χ2v) is 10.6. The van der Waals surface area contributed by atoms with Gasteiger partial charge in [-0.2, -0.15) is 0 Å². The van der Waals surface area contributed by atoms with E-state index in [1.807, 2.05) is 12.1 Å². The standard InChI is InChI=1S/C31H32N2O9/c1-32-21(8-15-4-6-17(34)7-5-15)30(36)33-28-19-12-23-22(41-14-42-23)11-18(19)26(27-20(28)13-40-31(27)37)16-9-24(38-2)29(35)25(10-16)39-3/h4-7,9-12,20-21,26-28,32,34-35H,8,13-14H2,1-3H3,(H,33,36)/t20-,21-,26+,27-,28+/m0/s1. The molecular weight excluding hydrogens is 544 g/mol. The van der Waals surface area contributed by atoms with Gasteiger partial charge >= 0.3 is 5.97 Å². The minimum atomic E-state index is -0.646. The smallest absolute Gasteiger partial charge is 0.310 e. The van der Waals surface area contributed by atoms with Gasteiger partial charge in [0.15, 0.2) is 23.0 Å². The van der Waals surface area contributed by atoms with Crippen molar-refractivity contribution in [1.29, 1.82) is 0 Å². The van der Waals surface area contributed by atoms with Crippen LogP contribution in [0.1, 0.15) is 34.2 Å². The molecule has 1 fully saturated rings. The van der Waals surface area contributed by atoms with Gasteiger partial charge < -0.3 is 44.5 Å². The number of ether oxygens (including phenoxy) is 5. The van der Waals surface area contributed by atoms with E-state index in [1.165, 1.54) is 14.2 Å². The second-order valence-electron chi connectivity index (χ2n) is 10.6. The molecule has 0 bridgehead atoms. The summed E-state index contributed by atoms with van der Waals surface area (Å²) >= 11 is 0. The Bertz CT molecular complexity index is 1500. The van der Waals surface area contributed by atoms with Gasteiger partial charge in [0, 0.05) is 11.8 Å². The first-order chi connectivity index (χ1) is 20.3. The number of fused-ring (bicyclic) bond motifs is 3. The van der Waals surface area contributed by atoms with E-state index >= 15 is 0 Å². The molecule has 3 aromatic rings. The molecule has 4 N–H and O–H groups in total. The van der Waals surface area contributed by atoms with Crippen molar-refractivity contribution in [2.45, 2.75) is 24.4 Å². The maximum Gasteiger partial charge on any atom is 0.310 e. The van der Waals surface area contributed by atoms with Crippen LogP contribution >= 0.6 is 0 Å². The zero-order chi connectivity index (χ0) is 29.5. The molecule has 1 amide bonds. The van der Waals surface area contributed by atoms with Gasteiger partial charge in [-0.15, -0.1) is 0 Å². The van der Waals surface area contributed by atoms with E-state index in [2.05, 4.69) is 10.6 Å². The van der Waals surface area contributed by atoms with Gasteiger partial charge in [-0.05, 0) is 72.1 Å². The fourth-order valence-corrected chi connectivity index (χ4v) is 6.29. The number of hydrogen-bond acceptors (Lipinski definition) is 10. The Morgan fingerprint density at radius 3 is 2.24 bits per heavy atom. The minimum Gasteiger partial charge on any atom is -0.508 e. The second kappa shape index (κ2) is 11.0. The fourth-order valence-electron chi connectivity index (χ4n) is 6.29. The topological polar surface area (TPSA) is 145 Å². The van der Waals surface area contributed by atoms with E-state index in [9.17, 15) is 19.8 Å². The number of nitrogens with one attached hydrogen (secondary N) is 2. The highest BCUT2D eigenvalue weighted by Crippen LogP contribution is 2.55. The maximum atomic E-state index is 13.7. The molecule has 2 heterocycles. The summed E-state index contributed by atoms with van der Waals surface area (Å²) in [6.07, 6.45) is 0.391. The summed E-state index contributed by atoms with van der Waals surface area (Å²) in [7, 11) is 4.60.